The van der Waals surface area contributed by atoms with Crippen LogP contribution in [-0.2, 0) is 48.2 Å². The first kappa shape index (κ1) is 32.0. The molecule has 1 saturated heterocycles. The van der Waals surface area contributed by atoms with Crippen LogP contribution in [0.1, 0.15) is 36.2 Å². The van der Waals surface area contributed by atoms with Gasteiger partial charge >= 0.3 is 12.1 Å². The largest absolute Gasteiger partial charge is 0.465 e. The Morgan fingerprint density at radius 2 is 1.96 bits per heavy atom. The van der Waals surface area contributed by atoms with E-state index >= 15 is 0 Å². The number of esters is 1. The Kier molecular flexibility index (Phi) is 10.4. The number of aromatic amines is 1. The van der Waals surface area contributed by atoms with Crippen molar-refractivity contribution < 1.29 is 38.6 Å². The van der Waals surface area contributed by atoms with E-state index in [1.807, 2.05) is 18.2 Å². The van der Waals surface area contributed by atoms with Crippen molar-refractivity contribution >= 4 is 35.6 Å². The van der Waals surface area contributed by atoms with Gasteiger partial charge < -0.3 is 30.1 Å². The average Bonchev–Trinajstić information content (AvgIpc) is 3.73. The van der Waals surface area contributed by atoms with E-state index in [1.54, 1.807) is 24.3 Å². The molecule has 0 spiro atoms. The van der Waals surface area contributed by atoms with Gasteiger partial charge in [-0.05, 0) is 23.6 Å². The van der Waals surface area contributed by atoms with E-state index in [2.05, 4.69) is 36.2 Å². The highest BCUT2D eigenvalue weighted by atomic mass is 16.5. The normalized spacial score (nSPS) is 17.9. The maximum absolute atomic E-state index is 14.2. The number of carboxylic acid groups (broad SMARTS) is 1. The molecule has 46 heavy (non-hydrogen) atoms. The summed E-state index contributed by atoms with van der Waals surface area (Å²) in [4.78, 5) is 71.9. The Balaban J connectivity index is 1.33. The lowest BCUT2D eigenvalue weighted by Crippen LogP contribution is -2.56. The van der Waals surface area contributed by atoms with Crippen molar-refractivity contribution in [3.8, 4) is 0 Å². The molecule has 17 heteroatoms. The summed E-state index contributed by atoms with van der Waals surface area (Å²) in [5, 5.41) is 28.3. The minimum Gasteiger partial charge on any atom is -0.465 e. The smallest absolute Gasteiger partial charge is 0.407 e. The second-order valence-corrected chi connectivity index (χ2v) is 10.7. The van der Waals surface area contributed by atoms with Crippen molar-refractivity contribution in [3.05, 3.63) is 65.6 Å². The van der Waals surface area contributed by atoms with Gasteiger partial charge in [0.25, 0.3) is 5.91 Å². The molecule has 2 aromatic heterocycles. The predicted molar refractivity (Wildman–Crippen MR) is 157 cm³/mol. The van der Waals surface area contributed by atoms with E-state index in [4.69, 9.17) is 9.47 Å². The van der Waals surface area contributed by atoms with Gasteiger partial charge in [0.1, 0.15) is 24.5 Å². The lowest BCUT2D eigenvalue weighted by molar-refractivity contribution is -0.145. The number of morpholine rings is 1. The number of ether oxygens (including phenoxy) is 2. The van der Waals surface area contributed by atoms with Gasteiger partial charge in [-0.3, -0.25) is 24.1 Å². The Morgan fingerprint density at radius 3 is 2.72 bits per heavy atom. The molecule has 17 nitrogen and oxygen atoms in total. The van der Waals surface area contributed by atoms with Crippen molar-refractivity contribution in [1.29, 1.82) is 0 Å². The van der Waals surface area contributed by atoms with Gasteiger partial charge in [0.05, 0.1) is 25.8 Å². The molecule has 0 bridgehead atoms. The third-order valence-electron chi connectivity index (χ3n) is 7.58. The number of hydrogen-bond donors (Lipinski definition) is 4. The molecular weight excluding hydrogens is 602 g/mol. The van der Waals surface area contributed by atoms with E-state index in [-0.39, 0.29) is 70.2 Å². The molecule has 4 amide bonds. The van der Waals surface area contributed by atoms with Gasteiger partial charge in [0, 0.05) is 32.0 Å². The van der Waals surface area contributed by atoms with E-state index in [0.29, 0.717) is 5.56 Å². The summed E-state index contributed by atoms with van der Waals surface area (Å²) in [6, 6.07) is 9.42. The molecule has 3 aromatic rings. The molecule has 2 aliphatic rings. The number of carbonyl (C=O) groups is 5. The number of aromatic nitrogens is 5. The Bertz CT molecular complexity index is 1540. The summed E-state index contributed by atoms with van der Waals surface area (Å²) in [5.74, 6) is -1.92. The lowest BCUT2D eigenvalue weighted by atomic mass is 10.1. The summed E-state index contributed by atoms with van der Waals surface area (Å²) in [7, 11) is 0. The summed E-state index contributed by atoms with van der Waals surface area (Å²) in [5.41, 5.74) is 1.42. The van der Waals surface area contributed by atoms with Gasteiger partial charge in [-0.1, -0.05) is 41.6 Å². The fraction of sp³-hybridized carbons (Fsp3) is 0.414. The highest BCUT2D eigenvalue weighted by Gasteiger charge is 2.42. The minimum atomic E-state index is -1.28. The van der Waals surface area contributed by atoms with Gasteiger partial charge in [0.15, 0.2) is 5.82 Å². The lowest BCUT2D eigenvalue weighted by Gasteiger charge is -2.33. The molecule has 0 aliphatic carbocycles. The first-order chi connectivity index (χ1) is 22.3. The maximum atomic E-state index is 14.2. The molecule has 5 rings (SSSR count). The van der Waals surface area contributed by atoms with Gasteiger partial charge in [-0.25, -0.2) is 9.78 Å². The summed E-state index contributed by atoms with van der Waals surface area (Å²) in [6.45, 7) is 0.294. The standard InChI is InChI=1S/C29H33N9O8/c39-24(14-20-17-45-12-11-37(20)29(43)44)32-21(8-9-25(40)46-16-18-5-2-1-3-6-18)28(42)38-22(13-19-7-4-10-30-26(19)38)27(41)31-15-23-33-35-36-34-23/h1-7,10,20-22H,8-9,11-17H2,(H,31,41)(H,32,39)(H,43,44)(H,33,34,35,36). The summed E-state index contributed by atoms with van der Waals surface area (Å²) in [6.07, 6.45) is -0.217. The molecular formula is C29H33N9O8. The highest BCUT2D eigenvalue weighted by molar-refractivity contribution is 6.06. The van der Waals surface area contributed by atoms with Crippen molar-refractivity contribution in [2.75, 3.05) is 24.7 Å². The molecule has 0 radical (unpaired) electrons. The Labute approximate surface area is 262 Å². The van der Waals surface area contributed by atoms with Crippen LogP contribution in [0.15, 0.2) is 48.7 Å². The van der Waals surface area contributed by atoms with Gasteiger partial charge in [-0.15, -0.1) is 10.2 Å². The van der Waals surface area contributed by atoms with Crippen molar-refractivity contribution in [2.24, 2.45) is 0 Å². The second kappa shape index (κ2) is 15.0. The summed E-state index contributed by atoms with van der Waals surface area (Å²) >= 11 is 0. The SMILES string of the molecule is O=C(CC1COCCN1C(=O)O)NC(CCC(=O)OCc1ccccc1)C(=O)N1c2ncccc2CC1C(=O)NCc1nn[nH]n1. The molecule has 3 atom stereocenters. The number of hydrogen-bond acceptors (Lipinski definition) is 11. The molecule has 1 aromatic carbocycles. The zero-order valence-corrected chi connectivity index (χ0v) is 24.7. The molecule has 4 N–H and O–H groups in total. The fourth-order valence-electron chi connectivity index (χ4n) is 5.30. The predicted octanol–water partition coefficient (Wildman–Crippen LogP) is -0.0539. The van der Waals surface area contributed by atoms with Crippen LogP contribution in [0.4, 0.5) is 10.6 Å². The first-order valence-corrected chi connectivity index (χ1v) is 14.6. The number of tetrazole rings is 1. The minimum absolute atomic E-state index is 0.0101. The van der Waals surface area contributed by atoms with Crippen LogP contribution in [0.25, 0.3) is 0 Å². The molecule has 4 heterocycles. The number of nitrogens with one attached hydrogen (secondary N) is 3. The number of amides is 4. The third kappa shape index (κ3) is 7.98. The van der Waals surface area contributed by atoms with E-state index in [9.17, 15) is 29.1 Å². The number of anilines is 1. The van der Waals surface area contributed by atoms with Crippen LogP contribution in [0.3, 0.4) is 0 Å². The second-order valence-electron chi connectivity index (χ2n) is 10.7. The average molecular weight is 636 g/mol. The summed E-state index contributed by atoms with van der Waals surface area (Å²) < 4.78 is 10.8. The quantitative estimate of drug-likeness (QED) is 0.192. The van der Waals surface area contributed by atoms with E-state index in [0.717, 1.165) is 10.5 Å². The van der Waals surface area contributed by atoms with Crippen molar-refractivity contribution in [2.45, 2.75) is 57.0 Å². The van der Waals surface area contributed by atoms with E-state index in [1.165, 1.54) is 11.1 Å². The zero-order chi connectivity index (χ0) is 32.5. The van der Waals surface area contributed by atoms with E-state index < -0.39 is 47.9 Å². The van der Waals surface area contributed by atoms with Crippen LogP contribution in [0, 0.1) is 0 Å². The molecule has 2 aliphatic heterocycles. The van der Waals surface area contributed by atoms with Gasteiger partial charge in [0.2, 0.25) is 11.8 Å². The Hall–Kier alpha value is -5.45. The fourth-order valence-corrected chi connectivity index (χ4v) is 5.30. The number of benzene rings is 1. The topological polar surface area (TPSA) is 222 Å². The maximum Gasteiger partial charge on any atom is 0.407 e. The first-order valence-electron chi connectivity index (χ1n) is 14.6. The highest BCUT2D eigenvalue weighted by Crippen LogP contribution is 2.31. The Morgan fingerprint density at radius 1 is 1.13 bits per heavy atom. The van der Waals surface area contributed by atoms with Crippen molar-refractivity contribution in [3.63, 3.8) is 0 Å². The third-order valence-corrected chi connectivity index (χ3v) is 7.58. The van der Waals surface area contributed by atoms with Crippen molar-refractivity contribution in [1.82, 2.24) is 41.1 Å². The number of carbonyl (C=O) groups excluding carboxylic acids is 4. The van der Waals surface area contributed by atoms with Gasteiger partial charge in [-0.2, -0.15) is 5.21 Å². The van der Waals surface area contributed by atoms with Crippen LogP contribution >= 0.6 is 0 Å². The molecule has 0 saturated carbocycles. The number of H-pyrrole nitrogens is 1. The zero-order valence-electron chi connectivity index (χ0n) is 24.7. The molecule has 242 valence electrons. The number of pyridine rings is 1. The number of nitrogens with zero attached hydrogens (tertiary/aromatic N) is 6. The van der Waals surface area contributed by atoms with Crippen LogP contribution in [-0.4, -0.2) is 103 Å². The number of rotatable bonds is 12. The van der Waals surface area contributed by atoms with Crippen LogP contribution in [0.5, 0.6) is 0 Å². The van der Waals surface area contributed by atoms with Crippen LogP contribution < -0.4 is 15.5 Å². The molecule has 3 unspecified atom stereocenters. The molecule has 1 fully saturated rings. The monoisotopic (exact) mass is 635 g/mol. The van der Waals surface area contributed by atoms with Crippen LogP contribution in [0.2, 0.25) is 0 Å². The number of fused-ring (bicyclic) bond motifs is 1.